The molecule has 2 heterocycles. The lowest BCUT2D eigenvalue weighted by molar-refractivity contribution is 0.102. The van der Waals surface area contributed by atoms with Crippen molar-refractivity contribution in [3.05, 3.63) is 51.7 Å². The van der Waals surface area contributed by atoms with Crippen molar-refractivity contribution >= 4 is 28.9 Å². The van der Waals surface area contributed by atoms with E-state index in [0.29, 0.717) is 5.75 Å². The summed E-state index contributed by atoms with van der Waals surface area (Å²) >= 11 is 3.12. The molecule has 6 heteroatoms. The fourth-order valence-corrected chi connectivity index (χ4v) is 4.42. The van der Waals surface area contributed by atoms with E-state index < -0.39 is 0 Å². The molecule has 0 radical (unpaired) electrons. The minimum Gasteiger partial charge on any atom is -0.302 e. The number of hydrogen-bond acceptors (Lipinski definition) is 5. The normalized spacial score (nSPS) is 11.0. The van der Waals surface area contributed by atoms with Gasteiger partial charge in [0.2, 0.25) is 0 Å². The number of aromatic nitrogens is 3. The zero-order chi connectivity index (χ0) is 17.1. The summed E-state index contributed by atoms with van der Waals surface area (Å²) in [6.45, 7) is 6.86. The van der Waals surface area contributed by atoms with Crippen LogP contribution in [0.4, 0.5) is 0 Å². The van der Waals surface area contributed by atoms with E-state index in [1.54, 1.807) is 11.3 Å². The molecule has 1 aromatic carbocycles. The Kier molecular flexibility index (Phi) is 5.16. The Labute approximate surface area is 149 Å². The lowest BCUT2D eigenvalue weighted by atomic mass is 10.2. The van der Waals surface area contributed by atoms with Gasteiger partial charge < -0.3 is 4.57 Å². The third kappa shape index (κ3) is 3.44. The van der Waals surface area contributed by atoms with E-state index in [-0.39, 0.29) is 5.78 Å². The first-order valence-corrected chi connectivity index (χ1v) is 9.62. The monoisotopic (exact) mass is 357 g/mol. The molecule has 4 nitrogen and oxygen atoms in total. The van der Waals surface area contributed by atoms with Crippen LogP contribution in [0.2, 0.25) is 0 Å². The molecule has 0 aliphatic rings. The van der Waals surface area contributed by atoms with Crippen LogP contribution in [0, 0.1) is 13.8 Å². The Morgan fingerprint density at radius 3 is 2.58 bits per heavy atom. The molecule has 24 heavy (non-hydrogen) atoms. The first-order valence-electron chi connectivity index (χ1n) is 7.81. The standard InChI is InChI=1S/C18H19N3OS2/c1-4-21-17(14-8-6-5-7-9-14)19-20-18(21)23-11-16(22)15-10-12(2)24-13(15)3/h5-10H,4,11H2,1-3H3. The summed E-state index contributed by atoms with van der Waals surface area (Å²) < 4.78 is 2.05. The first-order chi connectivity index (χ1) is 11.6. The fraction of sp³-hybridized carbons (Fsp3) is 0.278. The smallest absolute Gasteiger partial charge is 0.191 e. The SMILES string of the molecule is CCn1c(SCC(=O)c2cc(C)sc2C)nnc1-c1ccccc1. The highest BCUT2D eigenvalue weighted by molar-refractivity contribution is 7.99. The number of thioether (sulfide) groups is 1. The molecule has 124 valence electrons. The number of hydrogen-bond donors (Lipinski definition) is 0. The molecule has 3 aromatic rings. The van der Waals surface area contributed by atoms with Gasteiger partial charge in [-0.05, 0) is 26.8 Å². The summed E-state index contributed by atoms with van der Waals surface area (Å²) in [5.41, 5.74) is 1.87. The van der Waals surface area contributed by atoms with Crippen molar-refractivity contribution in [2.75, 3.05) is 5.75 Å². The van der Waals surface area contributed by atoms with Crippen molar-refractivity contribution in [3.8, 4) is 11.4 Å². The summed E-state index contributed by atoms with van der Waals surface area (Å²) in [6, 6.07) is 12.0. The maximum absolute atomic E-state index is 12.5. The van der Waals surface area contributed by atoms with Crippen molar-refractivity contribution < 1.29 is 4.79 Å². The largest absolute Gasteiger partial charge is 0.302 e. The van der Waals surface area contributed by atoms with Gasteiger partial charge in [-0.25, -0.2) is 0 Å². The van der Waals surface area contributed by atoms with Crippen molar-refractivity contribution in [1.29, 1.82) is 0 Å². The van der Waals surface area contributed by atoms with E-state index in [1.807, 2.05) is 50.2 Å². The van der Waals surface area contributed by atoms with Gasteiger partial charge in [0, 0.05) is 27.4 Å². The van der Waals surface area contributed by atoms with E-state index in [4.69, 9.17) is 0 Å². The molecule has 0 saturated carbocycles. The van der Waals surface area contributed by atoms with Crippen LogP contribution in [0.3, 0.4) is 0 Å². The van der Waals surface area contributed by atoms with Crippen LogP contribution in [-0.2, 0) is 6.54 Å². The lowest BCUT2D eigenvalue weighted by Gasteiger charge is -2.07. The molecular weight excluding hydrogens is 338 g/mol. The Morgan fingerprint density at radius 2 is 1.96 bits per heavy atom. The summed E-state index contributed by atoms with van der Waals surface area (Å²) in [6.07, 6.45) is 0. The van der Waals surface area contributed by atoms with Gasteiger partial charge in [-0.1, -0.05) is 42.1 Å². The highest BCUT2D eigenvalue weighted by atomic mass is 32.2. The lowest BCUT2D eigenvalue weighted by Crippen LogP contribution is -2.05. The van der Waals surface area contributed by atoms with Gasteiger partial charge in [-0.2, -0.15) is 0 Å². The van der Waals surface area contributed by atoms with Crippen LogP contribution in [-0.4, -0.2) is 26.3 Å². The molecule has 0 unspecified atom stereocenters. The maximum Gasteiger partial charge on any atom is 0.191 e. The van der Waals surface area contributed by atoms with Gasteiger partial charge >= 0.3 is 0 Å². The van der Waals surface area contributed by atoms with Gasteiger partial charge in [0.15, 0.2) is 16.8 Å². The number of thiophene rings is 1. The van der Waals surface area contributed by atoms with Crippen LogP contribution < -0.4 is 0 Å². The minimum atomic E-state index is 0.147. The summed E-state index contributed by atoms with van der Waals surface area (Å²) in [5.74, 6) is 1.37. The molecular formula is C18H19N3OS2. The zero-order valence-electron chi connectivity index (χ0n) is 13.9. The Hall–Kier alpha value is -1.92. The highest BCUT2D eigenvalue weighted by Crippen LogP contribution is 2.26. The molecule has 2 aromatic heterocycles. The van der Waals surface area contributed by atoms with E-state index >= 15 is 0 Å². The van der Waals surface area contributed by atoms with Gasteiger partial charge in [0.05, 0.1) is 5.75 Å². The molecule has 0 fully saturated rings. The molecule has 0 atom stereocenters. The van der Waals surface area contributed by atoms with Gasteiger partial charge in [0.25, 0.3) is 0 Å². The summed E-state index contributed by atoms with van der Waals surface area (Å²) in [7, 11) is 0. The number of ketones is 1. The van der Waals surface area contributed by atoms with Crippen LogP contribution >= 0.6 is 23.1 Å². The van der Waals surface area contributed by atoms with Crippen LogP contribution in [0.5, 0.6) is 0 Å². The van der Waals surface area contributed by atoms with E-state index in [2.05, 4.69) is 21.7 Å². The van der Waals surface area contributed by atoms with E-state index in [1.165, 1.54) is 16.6 Å². The van der Waals surface area contributed by atoms with Crippen LogP contribution in [0.25, 0.3) is 11.4 Å². The quantitative estimate of drug-likeness (QED) is 0.477. The van der Waals surface area contributed by atoms with Crippen molar-refractivity contribution in [1.82, 2.24) is 14.8 Å². The van der Waals surface area contributed by atoms with Crippen molar-refractivity contribution in [2.45, 2.75) is 32.5 Å². The maximum atomic E-state index is 12.5. The summed E-state index contributed by atoms with van der Waals surface area (Å²) in [4.78, 5) is 14.7. The Bertz CT molecular complexity index is 853. The molecule has 0 amide bonds. The number of Topliss-reactive ketones (excluding diaryl/α,β-unsaturated/α-hetero) is 1. The highest BCUT2D eigenvalue weighted by Gasteiger charge is 2.17. The Morgan fingerprint density at radius 1 is 1.21 bits per heavy atom. The predicted molar refractivity (Wildman–Crippen MR) is 100.0 cm³/mol. The number of nitrogens with zero attached hydrogens (tertiary/aromatic N) is 3. The Balaban J connectivity index is 1.78. The molecule has 0 spiro atoms. The second-order valence-electron chi connectivity index (χ2n) is 5.46. The number of rotatable bonds is 6. The van der Waals surface area contributed by atoms with Gasteiger partial charge in [-0.15, -0.1) is 21.5 Å². The molecule has 0 aliphatic carbocycles. The van der Waals surface area contributed by atoms with Gasteiger partial charge in [-0.3, -0.25) is 4.79 Å². The molecule has 0 aliphatic heterocycles. The average Bonchev–Trinajstić information content (AvgIpc) is 3.15. The number of benzene rings is 1. The second-order valence-corrected chi connectivity index (χ2v) is 7.86. The number of carbonyl (C=O) groups excluding carboxylic acids is 1. The fourth-order valence-electron chi connectivity index (χ4n) is 2.60. The first kappa shape index (κ1) is 16.9. The molecule has 3 rings (SSSR count). The molecule has 0 bridgehead atoms. The van der Waals surface area contributed by atoms with Crippen molar-refractivity contribution in [3.63, 3.8) is 0 Å². The molecule has 0 saturated heterocycles. The topological polar surface area (TPSA) is 47.8 Å². The van der Waals surface area contributed by atoms with E-state index in [0.717, 1.165) is 33.5 Å². The third-order valence-electron chi connectivity index (χ3n) is 3.74. The average molecular weight is 358 g/mol. The zero-order valence-corrected chi connectivity index (χ0v) is 15.6. The second kappa shape index (κ2) is 7.32. The van der Waals surface area contributed by atoms with Crippen molar-refractivity contribution in [2.24, 2.45) is 0 Å². The van der Waals surface area contributed by atoms with Gasteiger partial charge in [0.1, 0.15) is 0 Å². The predicted octanol–water partition coefficient (Wildman–Crippen LogP) is 4.62. The van der Waals surface area contributed by atoms with Crippen LogP contribution in [0.1, 0.15) is 27.0 Å². The third-order valence-corrected chi connectivity index (χ3v) is 5.67. The van der Waals surface area contributed by atoms with E-state index in [9.17, 15) is 4.79 Å². The number of aryl methyl sites for hydroxylation is 2. The summed E-state index contributed by atoms with van der Waals surface area (Å²) in [5, 5.41) is 9.38. The molecule has 0 N–H and O–H groups in total. The number of carbonyl (C=O) groups is 1. The minimum absolute atomic E-state index is 0.147. The van der Waals surface area contributed by atoms with Crippen LogP contribution in [0.15, 0.2) is 41.6 Å².